The summed E-state index contributed by atoms with van der Waals surface area (Å²) in [6.45, 7) is 5.80. The summed E-state index contributed by atoms with van der Waals surface area (Å²) >= 11 is 5.47. The summed E-state index contributed by atoms with van der Waals surface area (Å²) in [6.07, 6.45) is 2.68. The van der Waals surface area contributed by atoms with Crippen LogP contribution in [0.3, 0.4) is 0 Å². The Morgan fingerprint density at radius 2 is 2.35 bits per heavy atom. The first-order chi connectivity index (χ1) is 8.26. The number of rotatable bonds is 4. The lowest BCUT2D eigenvalue weighted by Gasteiger charge is -2.40. The van der Waals surface area contributed by atoms with Gasteiger partial charge in [-0.2, -0.15) is 0 Å². The molecule has 1 aromatic rings. The lowest BCUT2D eigenvalue weighted by molar-refractivity contribution is 0.101. The Hall–Kier alpha value is 0.1000. The van der Waals surface area contributed by atoms with E-state index in [1.165, 1.54) is 28.0 Å². The first-order valence-corrected chi connectivity index (χ1v) is 8.01. The highest BCUT2D eigenvalue weighted by Crippen LogP contribution is 2.39. The summed E-state index contributed by atoms with van der Waals surface area (Å²) in [5.74, 6) is 0.749. The first kappa shape index (κ1) is 13.5. The van der Waals surface area contributed by atoms with Crippen LogP contribution in [0, 0.1) is 5.92 Å². The van der Waals surface area contributed by atoms with Gasteiger partial charge < -0.3 is 5.32 Å². The molecule has 2 nitrogen and oxygen atoms in total. The Kier molecular flexibility index (Phi) is 5.03. The fourth-order valence-corrected chi connectivity index (χ4v) is 4.53. The number of thiophene rings is 1. The van der Waals surface area contributed by atoms with Gasteiger partial charge in [-0.3, -0.25) is 4.90 Å². The number of likely N-dealkylation sites (tertiary alicyclic amines) is 1. The Bertz CT molecular complexity index is 351. The van der Waals surface area contributed by atoms with E-state index < -0.39 is 0 Å². The van der Waals surface area contributed by atoms with Crippen molar-refractivity contribution < 1.29 is 0 Å². The second-order valence-corrected chi connectivity index (χ2v) is 7.17. The number of nitrogens with zero attached hydrogens (tertiary/aromatic N) is 1. The fourth-order valence-electron chi connectivity index (χ4n) is 2.88. The van der Waals surface area contributed by atoms with Crippen molar-refractivity contribution in [3.05, 3.63) is 20.8 Å². The van der Waals surface area contributed by atoms with E-state index in [1.807, 2.05) is 11.3 Å². The summed E-state index contributed by atoms with van der Waals surface area (Å²) in [6, 6.07) is 5.08. The van der Waals surface area contributed by atoms with Crippen LogP contribution in [-0.4, -0.2) is 31.6 Å². The topological polar surface area (TPSA) is 15.3 Å². The average molecular weight is 317 g/mol. The zero-order valence-corrected chi connectivity index (χ0v) is 13.0. The van der Waals surface area contributed by atoms with Crippen molar-refractivity contribution >= 4 is 27.3 Å². The van der Waals surface area contributed by atoms with Crippen molar-refractivity contribution in [1.29, 1.82) is 0 Å². The van der Waals surface area contributed by atoms with Crippen LogP contribution < -0.4 is 5.32 Å². The monoisotopic (exact) mass is 316 g/mol. The molecule has 0 aliphatic carbocycles. The molecule has 0 amide bonds. The smallest absolute Gasteiger partial charge is 0.0701 e. The number of hydrogen-bond acceptors (Lipinski definition) is 3. The molecule has 2 rings (SSSR count). The molecule has 2 atom stereocenters. The molecule has 1 aliphatic heterocycles. The molecule has 0 radical (unpaired) electrons. The second kappa shape index (κ2) is 6.32. The molecular formula is C13H21BrN2S. The number of hydrogen-bond donors (Lipinski definition) is 1. The number of halogens is 1. The van der Waals surface area contributed by atoms with Crippen LogP contribution in [0.2, 0.25) is 0 Å². The highest BCUT2D eigenvalue weighted by molar-refractivity contribution is 9.11. The maximum atomic E-state index is 3.58. The van der Waals surface area contributed by atoms with Crippen LogP contribution in [0.4, 0.5) is 0 Å². The normalized spacial score (nSPS) is 26.3. The van der Waals surface area contributed by atoms with Gasteiger partial charge in [-0.1, -0.05) is 6.92 Å². The molecule has 1 aromatic heterocycles. The number of nitrogens with one attached hydrogen (secondary N) is 1. The fraction of sp³-hybridized carbons (Fsp3) is 0.692. The van der Waals surface area contributed by atoms with E-state index in [-0.39, 0.29) is 0 Å². The minimum absolute atomic E-state index is 0.609. The Labute approximate surface area is 117 Å². The summed E-state index contributed by atoms with van der Waals surface area (Å²) in [5, 5.41) is 3.35. The van der Waals surface area contributed by atoms with Crippen molar-refractivity contribution in [2.45, 2.75) is 25.8 Å². The summed E-state index contributed by atoms with van der Waals surface area (Å²) in [5.41, 5.74) is 0. The van der Waals surface area contributed by atoms with Crippen LogP contribution in [0.1, 0.15) is 30.7 Å². The highest BCUT2D eigenvalue weighted by Gasteiger charge is 2.32. The molecule has 1 N–H and O–H groups in total. The standard InChI is InChI=1S/C13H21BrN2S/c1-3-16-8-4-5-10(9-15-2)13(16)11-6-7-12(14)17-11/h6-7,10,13,15H,3-5,8-9H2,1-2H3. The molecule has 1 aliphatic rings. The van der Waals surface area contributed by atoms with Gasteiger partial charge in [0.2, 0.25) is 0 Å². The Morgan fingerprint density at radius 1 is 1.53 bits per heavy atom. The van der Waals surface area contributed by atoms with E-state index in [1.54, 1.807) is 0 Å². The Balaban J connectivity index is 2.21. The van der Waals surface area contributed by atoms with E-state index in [9.17, 15) is 0 Å². The van der Waals surface area contributed by atoms with Gasteiger partial charge in [-0.05, 0) is 73.5 Å². The minimum Gasteiger partial charge on any atom is -0.319 e. The van der Waals surface area contributed by atoms with Gasteiger partial charge in [0, 0.05) is 10.9 Å². The van der Waals surface area contributed by atoms with Crippen molar-refractivity contribution in [3.63, 3.8) is 0 Å². The predicted octanol–water partition coefficient (Wildman–Crippen LogP) is 3.50. The molecule has 0 bridgehead atoms. The van der Waals surface area contributed by atoms with Crippen LogP contribution in [-0.2, 0) is 0 Å². The predicted molar refractivity (Wildman–Crippen MR) is 78.7 cm³/mol. The van der Waals surface area contributed by atoms with Gasteiger partial charge in [0.25, 0.3) is 0 Å². The molecule has 1 saturated heterocycles. The van der Waals surface area contributed by atoms with E-state index in [2.05, 4.69) is 52.3 Å². The molecule has 2 heterocycles. The SMILES string of the molecule is CCN1CCCC(CNC)C1c1ccc(Br)s1. The highest BCUT2D eigenvalue weighted by atomic mass is 79.9. The van der Waals surface area contributed by atoms with Crippen molar-refractivity contribution in [1.82, 2.24) is 10.2 Å². The maximum Gasteiger partial charge on any atom is 0.0701 e. The quantitative estimate of drug-likeness (QED) is 0.914. The summed E-state index contributed by atoms with van der Waals surface area (Å²) in [4.78, 5) is 4.14. The zero-order valence-electron chi connectivity index (χ0n) is 10.6. The van der Waals surface area contributed by atoms with Crippen molar-refractivity contribution in [2.24, 2.45) is 5.92 Å². The molecule has 96 valence electrons. The van der Waals surface area contributed by atoms with E-state index >= 15 is 0 Å². The third kappa shape index (κ3) is 3.11. The first-order valence-electron chi connectivity index (χ1n) is 6.40. The van der Waals surface area contributed by atoms with E-state index in [0.717, 1.165) is 19.0 Å². The molecule has 1 fully saturated rings. The zero-order chi connectivity index (χ0) is 12.3. The molecule has 0 saturated carbocycles. The summed E-state index contributed by atoms with van der Waals surface area (Å²) < 4.78 is 1.25. The van der Waals surface area contributed by atoms with Crippen LogP contribution >= 0.6 is 27.3 Å². The molecule has 0 spiro atoms. The lowest BCUT2D eigenvalue weighted by Crippen LogP contribution is -2.41. The lowest BCUT2D eigenvalue weighted by atomic mass is 9.88. The third-order valence-corrected chi connectivity index (χ3v) is 5.31. The van der Waals surface area contributed by atoms with Gasteiger partial charge in [-0.15, -0.1) is 11.3 Å². The maximum absolute atomic E-state index is 3.58. The molecule has 0 aromatic carbocycles. The van der Waals surface area contributed by atoms with E-state index in [4.69, 9.17) is 0 Å². The number of piperidine rings is 1. The third-order valence-electron chi connectivity index (χ3n) is 3.62. The van der Waals surface area contributed by atoms with Crippen LogP contribution in [0.25, 0.3) is 0 Å². The van der Waals surface area contributed by atoms with Crippen molar-refractivity contribution in [2.75, 3.05) is 26.7 Å². The largest absolute Gasteiger partial charge is 0.319 e. The molecule has 4 heteroatoms. The van der Waals surface area contributed by atoms with Crippen LogP contribution in [0.5, 0.6) is 0 Å². The van der Waals surface area contributed by atoms with Crippen molar-refractivity contribution in [3.8, 4) is 0 Å². The molecule has 2 unspecified atom stereocenters. The molecular weight excluding hydrogens is 296 g/mol. The molecule has 17 heavy (non-hydrogen) atoms. The summed E-state index contributed by atoms with van der Waals surface area (Å²) in [7, 11) is 2.06. The van der Waals surface area contributed by atoms with Gasteiger partial charge in [-0.25, -0.2) is 0 Å². The van der Waals surface area contributed by atoms with Gasteiger partial charge in [0.05, 0.1) is 3.79 Å². The second-order valence-electron chi connectivity index (χ2n) is 4.68. The van der Waals surface area contributed by atoms with Gasteiger partial charge in [0.15, 0.2) is 0 Å². The van der Waals surface area contributed by atoms with Gasteiger partial charge >= 0.3 is 0 Å². The average Bonchev–Trinajstić information content (AvgIpc) is 2.75. The Morgan fingerprint density at radius 3 is 2.94 bits per heavy atom. The minimum atomic E-state index is 0.609. The van der Waals surface area contributed by atoms with E-state index in [0.29, 0.717) is 6.04 Å². The van der Waals surface area contributed by atoms with Crippen LogP contribution in [0.15, 0.2) is 15.9 Å². The van der Waals surface area contributed by atoms with Gasteiger partial charge in [0.1, 0.15) is 0 Å².